The zero-order chi connectivity index (χ0) is 35.0. The van der Waals surface area contributed by atoms with E-state index in [0.717, 1.165) is 16.9 Å². The molecule has 0 spiro atoms. The predicted molar refractivity (Wildman–Crippen MR) is 222 cm³/mol. The van der Waals surface area contributed by atoms with E-state index in [-0.39, 0.29) is 0 Å². The van der Waals surface area contributed by atoms with Crippen molar-refractivity contribution < 1.29 is 0 Å². The lowest BCUT2D eigenvalue weighted by Gasteiger charge is -2.25. The summed E-state index contributed by atoms with van der Waals surface area (Å²) in [5, 5.41) is 7.74. The van der Waals surface area contributed by atoms with Gasteiger partial charge in [0.25, 0.3) is 0 Å². The molecule has 9 aromatic rings. The smallest absolute Gasteiger partial charge is 0.147 e. The molecule has 2 nitrogen and oxygen atoms in total. The van der Waals surface area contributed by atoms with E-state index in [9.17, 15) is 0 Å². The van der Waals surface area contributed by atoms with Gasteiger partial charge in [0.05, 0.1) is 16.7 Å². The molecule has 250 valence electrons. The predicted octanol–water partition coefficient (Wildman–Crippen LogP) is 14.4. The molecule has 2 aromatic heterocycles. The van der Waals surface area contributed by atoms with Crippen molar-refractivity contribution in [3.8, 4) is 28.2 Å². The summed E-state index contributed by atoms with van der Waals surface area (Å²) in [4.78, 5) is 5.51. The number of benzene rings is 7. The van der Waals surface area contributed by atoms with Crippen LogP contribution in [0.25, 0.3) is 81.0 Å². The third-order valence-electron chi connectivity index (χ3n) is 10.7. The monoisotopic (exact) mass is 678 g/mol. The van der Waals surface area contributed by atoms with E-state index in [1.807, 2.05) is 11.3 Å². The van der Waals surface area contributed by atoms with Crippen LogP contribution < -0.4 is 0 Å². The molecule has 2 heterocycles. The summed E-state index contributed by atoms with van der Waals surface area (Å²) in [5.41, 5.74) is 11.3. The van der Waals surface area contributed by atoms with Crippen molar-refractivity contribution in [2.24, 2.45) is 0 Å². The fourth-order valence-electron chi connectivity index (χ4n) is 8.02. The molecule has 0 aliphatic heterocycles. The van der Waals surface area contributed by atoms with Crippen LogP contribution in [0, 0.1) is 0 Å². The Morgan fingerprint density at radius 3 is 1.96 bits per heavy atom. The van der Waals surface area contributed by atoms with E-state index in [4.69, 9.17) is 4.98 Å². The van der Waals surface area contributed by atoms with E-state index in [2.05, 4.69) is 174 Å². The maximum atomic E-state index is 5.51. The highest BCUT2D eigenvalue weighted by Crippen LogP contribution is 2.48. The van der Waals surface area contributed by atoms with Crippen molar-refractivity contribution in [2.75, 3.05) is 0 Å². The van der Waals surface area contributed by atoms with E-state index in [1.54, 1.807) is 0 Å². The Labute approximate surface area is 304 Å². The van der Waals surface area contributed by atoms with Gasteiger partial charge in [0.2, 0.25) is 0 Å². The second-order valence-corrected chi connectivity index (χ2v) is 16.0. The van der Waals surface area contributed by atoms with Crippen LogP contribution in [0.2, 0.25) is 0 Å². The van der Waals surface area contributed by atoms with Crippen LogP contribution in [0.3, 0.4) is 0 Å². The van der Waals surface area contributed by atoms with Crippen molar-refractivity contribution in [3.63, 3.8) is 0 Å². The normalized spacial score (nSPS) is 12.3. The SMILES string of the molecule is CC(C)c1cc(C(C)C)c(-n2c(-c3ccc(-c4ccccc4)c4c3sc3cc5c(ccc6ccccc65)cc34)nc3ccccc32)c(C(C)C)c1. The Kier molecular flexibility index (Phi) is 7.59. The van der Waals surface area contributed by atoms with Gasteiger partial charge in [-0.25, -0.2) is 4.98 Å². The molecule has 0 unspecified atom stereocenters. The number of aromatic nitrogens is 2. The summed E-state index contributed by atoms with van der Waals surface area (Å²) in [5.74, 6) is 2.14. The third-order valence-corrected chi connectivity index (χ3v) is 11.9. The van der Waals surface area contributed by atoms with Crippen LogP contribution in [0.15, 0.2) is 127 Å². The van der Waals surface area contributed by atoms with Crippen molar-refractivity contribution in [1.29, 1.82) is 0 Å². The summed E-state index contributed by atoms with van der Waals surface area (Å²) in [7, 11) is 0. The molecule has 0 atom stereocenters. The molecule has 0 aliphatic rings. The molecule has 0 amide bonds. The minimum Gasteiger partial charge on any atom is -0.292 e. The Morgan fingerprint density at radius 2 is 1.22 bits per heavy atom. The number of thiophene rings is 1. The first-order chi connectivity index (χ1) is 24.8. The average Bonchev–Trinajstić information content (AvgIpc) is 3.72. The van der Waals surface area contributed by atoms with Crippen molar-refractivity contribution >= 4 is 64.1 Å². The topological polar surface area (TPSA) is 17.8 Å². The standard InChI is InChI=1S/C48H42N2S/c1-28(2)34-25-38(29(3)4)46(39(26-34)30(5)6)50-43-19-13-12-18-42(43)49-48(50)37-23-22-36(31-14-8-7-9-15-31)45-41-24-33-21-20-32-16-10-11-17-35(32)40(33)27-44(41)51-47(37)45/h7-30H,1-6H3. The molecule has 9 rings (SSSR count). The Morgan fingerprint density at radius 1 is 0.549 bits per heavy atom. The van der Waals surface area contributed by atoms with E-state index >= 15 is 0 Å². The van der Waals surface area contributed by atoms with Gasteiger partial charge in [0.15, 0.2) is 0 Å². The molecule has 0 fully saturated rings. The van der Waals surface area contributed by atoms with Crippen LogP contribution >= 0.6 is 11.3 Å². The first-order valence-corrected chi connectivity index (χ1v) is 19.1. The highest BCUT2D eigenvalue weighted by atomic mass is 32.1. The van der Waals surface area contributed by atoms with Gasteiger partial charge in [-0.05, 0) is 97.4 Å². The van der Waals surface area contributed by atoms with E-state index < -0.39 is 0 Å². The van der Waals surface area contributed by atoms with E-state index in [0.29, 0.717) is 17.8 Å². The molecule has 51 heavy (non-hydrogen) atoms. The van der Waals surface area contributed by atoms with E-state index in [1.165, 1.54) is 80.8 Å². The number of para-hydroxylation sites is 2. The Bertz CT molecular complexity index is 2750. The molecule has 0 bridgehead atoms. The lowest BCUT2D eigenvalue weighted by atomic mass is 9.87. The van der Waals surface area contributed by atoms with Crippen LogP contribution in [0.5, 0.6) is 0 Å². The summed E-state index contributed by atoms with van der Waals surface area (Å²) in [6, 6.07) is 47.3. The quantitative estimate of drug-likeness (QED) is 0.160. The first-order valence-electron chi connectivity index (χ1n) is 18.3. The molecule has 0 radical (unpaired) electrons. The van der Waals surface area contributed by atoms with Crippen molar-refractivity contribution in [3.05, 3.63) is 144 Å². The number of fused-ring (bicyclic) bond motifs is 7. The minimum atomic E-state index is 0.345. The molecule has 0 saturated heterocycles. The van der Waals surface area contributed by atoms with Crippen LogP contribution in [0.1, 0.15) is 76.0 Å². The molecule has 0 aliphatic carbocycles. The van der Waals surface area contributed by atoms with Gasteiger partial charge in [-0.2, -0.15) is 0 Å². The largest absolute Gasteiger partial charge is 0.292 e. The van der Waals surface area contributed by atoms with Crippen LogP contribution in [-0.2, 0) is 0 Å². The molecule has 3 heteroatoms. The second-order valence-electron chi connectivity index (χ2n) is 15.0. The fourth-order valence-corrected chi connectivity index (χ4v) is 9.28. The van der Waals surface area contributed by atoms with Gasteiger partial charge in [-0.3, -0.25) is 4.57 Å². The number of hydrogen-bond donors (Lipinski definition) is 0. The summed E-state index contributed by atoms with van der Waals surface area (Å²) >= 11 is 1.90. The zero-order valence-corrected chi connectivity index (χ0v) is 31.0. The Balaban J connectivity index is 1.42. The summed E-state index contributed by atoms with van der Waals surface area (Å²) < 4.78 is 5.07. The van der Waals surface area contributed by atoms with Crippen LogP contribution in [-0.4, -0.2) is 9.55 Å². The second kappa shape index (κ2) is 12.2. The highest BCUT2D eigenvalue weighted by Gasteiger charge is 2.26. The molecular weight excluding hydrogens is 637 g/mol. The molecule has 0 saturated carbocycles. The zero-order valence-electron chi connectivity index (χ0n) is 30.2. The Hall–Kier alpha value is -5.25. The van der Waals surface area contributed by atoms with Gasteiger partial charge in [0.1, 0.15) is 5.82 Å². The number of imidazole rings is 1. The van der Waals surface area contributed by atoms with Gasteiger partial charge >= 0.3 is 0 Å². The first kappa shape index (κ1) is 31.7. The lowest BCUT2D eigenvalue weighted by molar-refractivity contribution is 0.788. The van der Waals surface area contributed by atoms with Gasteiger partial charge in [-0.15, -0.1) is 11.3 Å². The summed E-state index contributed by atoms with van der Waals surface area (Å²) in [6.07, 6.45) is 0. The van der Waals surface area contributed by atoms with Gasteiger partial charge in [0, 0.05) is 25.7 Å². The fraction of sp³-hybridized carbons (Fsp3) is 0.188. The minimum absolute atomic E-state index is 0.345. The molecular formula is C48H42N2S. The average molecular weight is 679 g/mol. The number of hydrogen-bond acceptors (Lipinski definition) is 2. The third kappa shape index (κ3) is 5.09. The van der Waals surface area contributed by atoms with Crippen molar-refractivity contribution in [1.82, 2.24) is 9.55 Å². The van der Waals surface area contributed by atoms with Gasteiger partial charge < -0.3 is 0 Å². The van der Waals surface area contributed by atoms with Crippen molar-refractivity contribution in [2.45, 2.75) is 59.3 Å². The lowest BCUT2D eigenvalue weighted by Crippen LogP contribution is -2.10. The molecule has 0 N–H and O–H groups in total. The summed E-state index contributed by atoms with van der Waals surface area (Å²) in [6.45, 7) is 13.9. The maximum Gasteiger partial charge on any atom is 0.147 e. The highest BCUT2D eigenvalue weighted by molar-refractivity contribution is 7.26. The van der Waals surface area contributed by atoms with Crippen LogP contribution in [0.4, 0.5) is 0 Å². The van der Waals surface area contributed by atoms with Gasteiger partial charge in [-0.1, -0.05) is 139 Å². The maximum absolute atomic E-state index is 5.51. The number of rotatable bonds is 6. The molecule has 7 aromatic carbocycles. The number of nitrogens with zero attached hydrogens (tertiary/aromatic N) is 2.